The van der Waals surface area contributed by atoms with Gasteiger partial charge < -0.3 is 9.47 Å². The summed E-state index contributed by atoms with van der Waals surface area (Å²) < 4.78 is 11.4. The third kappa shape index (κ3) is 7.46. The van der Waals surface area contributed by atoms with Crippen LogP contribution in [0.3, 0.4) is 0 Å². The van der Waals surface area contributed by atoms with E-state index in [4.69, 9.17) is 15.0 Å². The van der Waals surface area contributed by atoms with Crippen molar-refractivity contribution >= 4 is 5.90 Å². The van der Waals surface area contributed by atoms with Crippen LogP contribution in [-0.4, -0.2) is 37.8 Å². The van der Waals surface area contributed by atoms with Gasteiger partial charge in [-0.25, -0.2) is 4.99 Å². The van der Waals surface area contributed by atoms with Crippen LogP contribution in [0.1, 0.15) is 57.4 Å². The summed E-state index contributed by atoms with van der Waals surface area (Å²) in [5.41, 5.74) is 9.73. The van der Waals surface area contributed by atoms with E-state index in [2.05, 4.69) is 21.9 Å². The van der Waals surface area contributed by atoms with Crippen molar-refractivity contribution in [3.8, 4) is 0 Å². The van der Waals surface area contributed by atoms with E-state index < -0.39 is 0 Å². The molecule has 142 valence electrons. The molecule has 2 atom stereocenters. The molecule has 1 aromatic rings. The largest absolute Gasteiger partial charge is 0.475 e. The van der Waals surface area contributed by atoms with Crippen LogP contribution in [0.4, 0.5) is 0 Å². The van der Waals surface area contributed by atoms with Crippen LogP contribution >= 0.6 is 0 Å². The second-order valence-corrected chi connectivity index (χ2v) is 6.69. The lowest BCUT2D eigenvalue weighted by Crippen LogP contribution is -2.17. The molecule has 0 saturated carbocycles. The van der Waals surface area contributed by atoms with Crippen LogP contribution in [0.25, 0.3) is 10.4 Å². The first-order valence-electron chi connectivity index (χ1n) is 9.71. The molecular formula is C20H30N4O2. The number of hydrogen-bond acceptors (Lipinski definition) is 4. The normalized spacial score (nSPS) is 17.3. The molecular weight excluding hydrogens is 328 g/mol. The zero-order valence-electron chi connectivity index (χ0n) is 15.7. The first kappa shape index (κ1) is 20.3. The molecule has 0 aliphatic carbocycles. The second-order valence-electron chi connectivity index (χ2n) is 6.69. The van der Waals surface area contributed by atoms with E-state index >= 15 is 0 Å². The summed E-state index contributed by atoms with van der Waals surface area (Å²) in [5, 5.41) is 3.91. The van der Waals surface area contributed by atoms with Crippen molar-refractivity contribution in [3.05, 3.63) is 46.3 Å². The summed E-state index contributed by atoms with van der Waals surface area (Å²) in [6.45, 7) is 3.89. The fraction of sp³-hybridized carbons (Fsp3) is 0.650. The van der Waals surface area contributed by atoms with E-state index in [1.807, 2.05) is 30.3 Å². The highest BCUT2D eigenvalue weighted by Gasteiger charge is 2.20. The standard InChI is InChI=1S/C20H30N4O2/c1-2-3-4-5-9-12-18(23-24-21)13-14-25-15-19-16-26-20(22-19)17-10-7-6-8-11-17/h6-8,10-11,18-19H,2-5,9,12-16H2,1H3. The Bertz CT molecular complexity index is 585. The molecule has 2 rings (SSSR count). The van der Waals surface area contributed by atoms with Gasteiger partial charge in [-0.15, -0.1) is 0 Å². The molecule has 1 aromatic carbocycles. The quantitative estimate of drug-likeness (QED) is 0.208. The lowest BCUT2D eigenvalue weighted by molar-refractivity contribution is 0.106. The first-order chi connectivity index (χ1) is 12.8. The lowest BCUT2D eigenvalue weighted by Gasteiger charge is -2.12. The third-order valence-electron chi connectivity index (χ3n) is 4.49. The van der Waals surface area contributed by atoms with Crippen LogP contribution in [-0.2, 0) is 9.47 Å². The topological polar surface area (TPSA) is 79.6 Å². The van der Waals surface area contributed by atoms with E-state index in [1.54, 1.807) is 0 Å². The van der Waals surface area contributed by atoms with Crippen LogP contribution in [0.5, 0.6) is 0 Å². The van der Waals surface area contributed by atoms with Crippen molar-refractivity contribution in [1.29, 1.82) is 0 Å². The monoisotopic (exact) mass is 358 g/mol. The Kier molecular flexibility index (Phi) is 9.62. The number of benzene rings is 1. The summed E-state index contributed by atoms with van der Waals surface area (Å²) in [7, 11) is 0. The van der Waals surface area contributed by atoms with Crippen LogP contribution in [0.2, 0.25) is 0 Å². The minimum Gasteiger partial charge on any atom is -0.475 e. The van der Waals surface area contributed by atoms with E-state index in [1.165, 1.54) is 25.7 Å². The van der Waals surface area contributed by atoms with E-state index in [-0.39, 0.29) is 12.1 Å². The highest BCUT2D eigenvalue weighted by molar-refractivity contribution is 5.95. The Labute approximate surface area is 156 Å². The molecule has 1 heterocycles. The molecule has 0 bridgehead atoms. The molecule has 1 aliphatic heterocycles. The van der Waals surface area contributed by atoms with Crippen molar-refractivity contribution in [2.45, 2.75) is 64.0 Å². The SMILES string of the molecule is CCCCCCCC(CCOCC1COC(c2ccccc2)=N1)N=[N+]=[N-]. The number of ether oxygens (including phenoxy) is 2. The maximum atomic E-state index is 8.73. The van der Waals surface area contributed by atoms with Crippen LogP contribution in [0, 0.1) is 0 Å². The molecule has 2 unspecified atom stereocenters. The summed E-state index contributed by atoms with van der Waals surface area (Å²) in [6, 6.07) is 9.98. The molecule has 6 heteroatoms. The second kappa shape index (κ2) is 12.3. The van der Waals surface area contributed by atoms with Crippen molar-refractivity contribution in [3.63, 3.8) is 0 Å². The molecule has 1 aliphatic rings. The molecule has 0 aromatic heterocycles. The average Bonchev–Trinajstić information content (AvgIpc) is 3.14. The van der Waals surface area contributed by atoms with Crippen molar-refractivity contribution in [1.82, 2.24) is 0 Å². The summed E-state index contributed by atoms with van der Waals surface area (Å²) in [4.78, 5) is 7.56. The van der Waals surface area contributed by atoms with Crippen molar-refractivity contribution in [2.24, 2.45) is 10.1 Å². The number of azide groups is 1. The number of aliphatic imine (C=N–C) groups is 1. The molecule has 26 heavy (non-hydrogen) atoms. The predicted octanol–water partition coefficient (Wildman–Crippen LogP) is 5.28. The molecule has 0 N–H and O–H groups in total. The van der Waals surface area contributed by atoms with Crippen molar-refractivity contribution in [2.75, 3.05) is 19.8 Å². The van der Waals surface area contributed by atoms with Gasteiger partial charge in [-0.2, -0.15) is 0 Å². The lowest BCUT2D eigenvalue weighted by atomic mass is 10.1. The van der Waals surface area contributed by atoms with Gasteiger partial charge >= 0.3 is 0 Å². The van der Waals surface area contributed by atoms with Gasteiger partial charge in [0, 0.05) is 23.1 Å². The average molecular weight is 358 g/mol. The molecule has 0 saturated heterocycles. The van der Waals surface area contributed by atoms with Gasteiger partial charge in [-0.1, -0.05) is 62.3 Å². The number of nitrogens with zero attached hydrogens (tertiary/aromatic N) is 4. The molecule has 0 fully saturated rings. The van der Waals surface area contributed by atoms with E-state index in [0.717, 1.165) is 24.8 Å². The van der Waals surface area contributed by atoms with E-state index in [9.17, 15) is 0 Å². The van der Waals surface area contributed by atoms with Gasteiger partial charge in [-0.05, 0) is 30.5 Å². The highest BCUT2D eigenvalue weighted by atomic mass is 16.5. The van der Waals surface area contributed by atoms with Crippen LogP contribution in [0.15, 0.2) is 40.4 Å². The molecule has 0 amide bonds. The maximum Gasteiger partial charge on any atom is 0.216 e. The molecule has 6 nitrogen and oxygen atoms in total. The Balaban J connectivity index is 1.63. The van der Waals surface area contributed by atoms with Crippen LogP contribution < -0.4 is 0 Å². The van der Waals surface area contributed by atoms with Gasteiger partial charge in [0.2, 0.25) is 5.90 Å². The zero-order valence-corrected chi connectivity index (χ0v) is 15.7. The smallest absolute Gasteiger partial charge is 0.216 e. The Morgan fingerprint density at radius 3 is 2.81 bits per heavy atom. The fourth-order valence-corrected chi connectivity index (χ4v) is 2.99. The number of hydrogen-bond donors (Lipinski definition) is 0. The Morgan fingerprint density at radius 1 is 1.23 bits per heavy atom. The minimum atomic E-state index is 0.0323. The number of unbranched alkanes of at least 4 members (excludes halogenated alkanes) is 4. The molecule has 0 spiro atoms. The minimum absolute atomic E-state index is 0.0323. The van der Waals surface area contributed by atoms with Crippen molar-refractivity contribution < 1.29 is 9.47 Å². The van der Waals surface area contributed by atoms with Gasteiger partial charge in [0.05, 0.1) is 6.61 Å². The summed E-state index contributed by atoms with van der Waals surface area (Å²) in [5.74, 6) is 0.693. The van der Waals surface area contributed by atoms with E-state index in [0.29, 0.717) is 25.7 Å². The van der Waals surface area contributed by atoms with Gasteiger partial charge in [-0.3, -0.25) is 0 Å². The predicted molar refractivity (Wildman–Crippen MR) is 104 cm³/mol. The fourth-order valence-electron chi connectivity index (χ4n) is 2.99. The Morgan fingerprint density at radius 2 is 2.04 bits per heavy atom. The zero-order chi connectivity index (χ0) is 18.5. The third-order valence-corrected chi connectivity index (χ3v) is 4.49. The van der Waals surface area contributed by atoms with Gasteiger partial charge in [0.1, 0.15) is 12.6 Å². The van der Waals surface area contributed by atoms with Gasteiger partial charge in [0.15, 0.2) is 0 Å². The maximum absolute atomic E-state index is 8.73. The summed E-state index contributed by atoms with van der Waals surface area (Å²) in [6.07, 6.45) is 7.82. The Hall–Kier alpha value is -2.04. The highest BCUT2D eigenvalue weighted by Crippen LogP contribution is 2.14. The number of rotatable bonds is 13. The first-order valence-corrected chi connectivity index (χ1v) is 9.71. The molecule has 0 radical (unpaired) electrons. The van der Waals surface area contributed by atoms with Gasteiger partial charge in [0.25, 0.3) is 0 Å². The summed E-state index contributed by atoms with van der Waals surface area (Å²) >= 11 is 0.